The van der Waals surface area contributed by atoms with Crippen LogP contribution in [0.3, 0.4) is 0 Å². The molecule has 0 aliphatic rings. The summed E-state index contributed by atoms with van der Waals surface area (Å²) in [6.07, 6.45) is 0. The van der Waals surface area contributed by atoms with Crippen LogP contribution in [0.4, 0.5) is 10.1 Å². The lowest BCUT2D eigenvalue weighted by Crippen LogP contribution is -2.31. The standard InChI is InChI=1S/C19H23FN2O5S/c1-5-22(6-2)28(24,25)16-7-8-18(20)17(12-16)19(23)21-13-9-14(26-3)11-15(10-13)27-4/h7-12H,5-6H2,1-4H3,(H,21,23). The lowest BCUT2D eigenvalue weighted by Gasteiger charge is -2.19. The van der Waals surface area contributed by atoms with Crippen LogP contribution in [0.5, 0.6) is 11.5 Å². The van der Waals surface area contributed by atoms with E-state index in [1.54, 1.807) is 19.9 Å². The van der Waals surface area contributed by atoms with Crippen molar-refractivity contribution in [2.45, 2.75) is 18.7 Å². The van der Waals surface area contributed by atoms with Crippen molar-refractivity contribution in [3.8, 4) is 11.5 Å². The molecule has 0 aliphatic heterocycles. The highest BCUT2D eigenvalue weighted by atomic mass is 32.2. The van der Waals surface area contributed by atoms with Gasteiger partial charge in [-0.15, -0.1) is 0 Å². The van der Waals surface area contributed by atoms with E-state index >= 15 is 0 Å². The van der Waals surface area contributed by atoms with E-state index in [2.05, 4.69) is 5.32 Å². The summed E-state index contributed by atoms with van der Waals surface area (Å²) in [4.78, 5) is 12.4. The van der Waals surface area contributed by atoms with Crippen molar-refractivity contribution in [1.29, 1.82) is 0 Å². The molecule has 0 atom stereocenters. The van der Waals surface area contributed by atoms with Gasteiger partial charge in [0.2, 0.25) is 10.0 Å². The van der Waals surface area contributed by atoms with E-state index in [1.807, 2.05) is 0 Å². The summed E-state index contributed by atoms with van der Waals surface area (Å²) < 4.78 is 51.0. The highest BCUT2D eigenvalue weighted by molar-refractivity contribution is 7.89. The molecule has 152 valence electrons. The molecule has 0 bridgehead atoms. The SMILES string of the molecule is CCN(CC)S(=O)(=O)c1ccc(F)c(C(=O)Nc2cc(OC)cc(OC)c2)c1. The van der Waals surface area contributed by atoms with E-state index in [9.17, 15) is 17.6 Å². The number of ether oxygens (including phenoxy) is 2. The third-order valence-electron chi connectivity index (χ3n) is 4.13. The largest absolute Gasteiger partial charge is 0.497 e. The zero-order valence-corrected chi connectivity index (χ0v) is 17.0. The molecule has 0 aliphatic carbocycles. The number of carbonyl (C=O) groups excluding carboxylic acids is 1. The highest BCUT2D eigenvalue weighted by Crippen LogP contribution is 2.27. The Labute approximate surface area is 164 Å². The molecule has 2 aromatic rings. The number of nitrogens with zero attached hydrogens (tertiary/aromatic N) is 1. The molecule has 0 saturated carbocycles. The number of hydrogen-bond donors (Lipinski definition) is 1. The molecular formula is C19H23FN2O5S. The first-order valence-corrected chi connectivity index (χ1v) is 10.0. The molecule has 2 rings (SSSR count). The molecule has 2 aromatic carbocycles. The number of carbonyl (C=O) groups is 1. The topological polar surface area (TPSA) is 84.9 Å². The van der Waals surface area contributed by atoms with Crippen molar-refractivity contribution in [1.82, 2.24) is 4.31 Å². The van der Waals surface area contributed by atoms with Crippen molar-refractivity contribution in [2.24, 2.45) is 0 Å². The lowest BCUT2D eigenvalue weighted by molar-refractivity contribution is 0.102. The number of hydrogen-bond acceptors (Lipinski definition) is 5. The minimum atomic E-state index is -3.82. The average Bonchev–Trinajstić information content (AvgIpc) is 2.68. The van der Waals surface area contributed by atoms with E-state index in [0.717, 1.165) is 18.2 Å². The maximum absolute atomic E-state index is 14.2. The van der Waals surface area contributed by atoms with Crippen LogP contribution in [0, 0.1) is 5.82 Å². The number of halogens is 1. The molecule has 0 aromatic heterocycles. The van der Waals surface area contributed by atoms with Gasteiger partial charge in [0.25, 0.3) is 5.91 Å². The number of benzene rings is 2. The van der Waals surface area contributed by atoms with Gasteiger partial charge >= 0.3 is 0 Å². The van der Waals surface area contributed by atoms with E-state index in [0.29, 0.717) is 17.2 Å². The third kappa shape index (κ3) is 4.60. The van der Waals surface area contributed by atoms with Crippen LogP contribution in [-0.2, 0) is 10.0 Å². The Hall–Kier alpha value is -2.65. The maximum Gasteiger partial charge on any atom is 0.258 e. The number of methoxy groups -OCH3 is 2. The normalized spacial score (nSPS) is 11.4. The molecule has 0 spiro atoms. The predicted octanol–water partition coefficient (Wildman–Crippen LogP) is 3.13. The summed E-state index contributed by atoms with van der Waals surface area (Å²) in [5.74, 6) is -0.740. The smallest absolute Gasteiger partial charge is 0.258 e. The van der Waals surface area contributed by atoms with Gasteiger partial charge in [-0.1, -0.05) is 13.8 Å². The van der Waals surface area contributed by atoms with Crippen molar-refractivity contribution in [3.05, 3.63) is 47.8 Å². The van der Waals surface area contributed by atoms with Gasteiger partial charge < -0.3 is 14.8 Å². The van der Waals surface area contributed by atoms with Gasteiger partial charge in [-0.25, -0.2) is 12.8 Å². The van der Waals surface area contributed by atoms with Gasteiger partial charge in [-0.05, 0) is 18.2 Å². The van der Waals surface area contributed by atoms with Crippen molar-refractivity contribution in [2.75, 3.05) is 32.6 Å². The summed E-state index contributed by atoms with van der Waals surface area (Å²) >= 11 is 0. The number of sulfonamides is 1. The second-order valence-electron chi connectivity index (χ2n) is 5.79. The summed E-state index contributed by atoms with van der Waals surface area (Å²) in [5, 5.41) is 2.54. The zero-order chi connectivity index (χ0) is 20.9. The van der Waals surface area contributed by atoms with Gasteiger partial charge in [-0.3, -0.25) is 4.79 Å². The van der Waals surface area contributed by atoms with Crippen molar-refractivity contribution >= 4 is 21.6 Å². The third-order valence-corrected chi connectivity index (χ3v) is 6.18. The minimum Gasteiger partial charge on any atom is -0.497 e. The van der Waals surface area contributed by atoms with E-state index in [4.69, 9.17) is 9.47 Å². The van der Waals surface area contributed by atoms with Gasteiger partial charge in [0, 0.05) is 37.0 Å². The molecule has 1 amide bonds. The van der Waals surface area contributed by atoms with Gasteiger partial charge in [0.05, 0.1) is 24.7 Å². The monoisotopic (exact) mass is 410 g/mol. The zero-order valence-electron chi connectivity index (χ0n) is 16.2. The van der Waals surface area contributed by atoms with Crippen LogP contribution >= 0.6 is 0 Å². The molecule has 0 heterocycles. The molecule has 9 heteroatoms. The fraction of sp³-hybridized carbons (Fsp3) is 0.316. The van der Waals surface area contributed by atoms with E-state index in [1.165, 1.54) is 30.7 Å². The minimum absolute atomic E-state index is 0.147. The number of amides is 1. The maximum atomic E-state index is 14.2. The van der Waals surface area contributed by atoms with Gasteiger partial charge in [0.15, 0.2) is 0 Å². The van der Waals surface area contributed by atoms with Crippen molar-refractivity contribution < 1.29 is 27.1 Å². The van der Waals surface area contributed by atoms with Crippen LogP contribution in [0.25, 0.3) is 0 Å². The van der Waals surface area contributed by atoms with Crippen LogP contribution < -0.4 is 14.8 Å². The Morgan fingerprint density at radius 1 is 1.04 bits per heavy atom. The van der Waals surface area contributed by atoms with Gasteiger partial charge in [0.1, 0.15) is 17.3 Å². The summed E-state index contributed by atoms with van der Waals surface area (Å²) in [5.41, 5.74) is -0.0624. The first kappa shape index (κ1) is 21.6. The highest BCUT2D eigenvalue weighted by Gasteiger charge is 2.24. The molecule has 28 heavy (non-hydrogen) atoms. The number of rotatable bonds is 8. The Morgan fingerprint density at radius 3 is 2.11 bits per heavy atom. The number of nitrogens with one attached hydrogen (secondary N) is 1. The first-order valence-electron chi connectivity index (χ1n) is 8.60. The molecule has 1 N–H and O–H groups in total. The molecule has 0 fully saturated rings. The average molecular weight is 410 g/mol. The lowest BCUT2D eigenvalue weighted by atomic mass is 10.2. The molecule has 0 unspecified atom stereocenters. The van der Waals surface area contributed by atoms with E-state index < -0.39 is 21.7 Å². The molecule has 0 saturated heterocycles. The summed E-state index contributed by atoms with van der Waals surface area (Å²) in [7, 11) is -0.902. The van der Waals surface area contributed by atoms with Crippen LogP contribution in [0.15, 0.2) is 41.3 Å². The molecule has 0 radical (unpaired) electrons. The summed E-state index contributed by atoms with van der Waals surface area (Å²) in [6, 6.07) is 7.85. The summed E-state index contributed by atoms with van der Waals surface area (Å²) in [6.45, 7) is 3.94. The van der Waals surface area contributed by atoms with Crippen molar-refractivity contribution in [3.63, 3.8) is 0 Å². The fourth-order valence-corrected chi connectivity index (χ4v) is 4.11. The van der Waals surface area contributed by atoms with Crippen LogP contribution in [-0.4, -0.2) is 45.9 Å². The Morgan fingerprint density at radius 2 is 1.61 bits per heavy atom. The second-order valence-corrected chi connectivity index (χ2v) is 7.72. The Bertz CT molecular complexity index is 937. The molecule has 7 nitrogen and oxygen atoms in total. The van der Waals surface area contributed by atoms with E-state index in [-0.39, 0.29) is 23.5 Å². The fourth-order valence-electron chi connectivity index (χ4n) is 2.63. The molecular weight excluding hydrogens is 387 g/mol. The first-order chi connectivity index (χ1) is 13.3. The quantitative estimate of drug-likeness (QED) is 0.723. The Kier molecular flexibility index (Phi) is 6.98. The Balaban J connectivity index is 2.39. The van der Waals surface area contributed by atoms with Gasteiger partial charge in [-0.2, -0.15) is 4.31 Å². The van der Waals surface area contributed by atoms with Crippen LogP contribution in [0.1, 0.15) is 24.2 Å². The predicted molar refractivity (Wildman–Crippen MR) is 104 cm³/mol. The van der Waals surface area contributed by atoms with Crippen LogP contribution in [0.2, 0.25) is 0 Å². The second kappa shape index (κ2) is 9.03. The number of anilines is 1.